The summed E-state index contributed by atoms with van der Waals surface area (Å²) in [6.45, 7) is 3.78. The lowest BCUT2D eigenvalue weighted by Crippen LogP contribution is -2.40. The number of piperidine rings is 1. The minimum absolute atomic E-state index is 0.0298. The molecule has 4 nitrogen and oxygen atoms in total. The predicted molar refractivity (Wildman–Crippen MR) is 103 cm³/mol. The van der Waals surface area contributed by atoms with Crippen molar-refractivity contribution in [3.05, 3.63) is 51.7 Å². The Balaban J connectivity index is 1.29. The Hall–Kier alpha value is -1.56. The lowest BCUT2D eigenvalue weighted by Gasteiger charge is -2.31. The molecule has 2 heterocycles. The van der Waals surface area contributed by atoms with Crippen molar-refractivity contribution in [2.45, 2.75) is 18.8 Å². The molecule has 1 amide bonds. The summed E-state index contributed by atoms with van der Waals surface area (Å²) in [5, 5.41) is 5.73. The Morgan fingerprint density at radius 2 is 2.00 bits per heavy atom. The second kappa shape index (κ2) is 9.22. The zero-order valence-corrected chi connectivity index (χ0v) is 15.7. The second-order valence-corrected chi connectivity index (χ2v) is 7.64. The molecule has 6 heteroatoms. The van der Waals surface area contributed by atoms with Gasteiger partial charge in [0, 0.05) is 23.0 Å². The summed E-state index contributed by atoms with van der Waals surface area (Å²) in [5.74, 6) is 1.26. The fraction of sp³-hybridized carbons (Fsp3) is 0.421. The van der Waals surface area contributed by atoms with Crippen LogP contribution in [0.5, 0.6) is 5.75 Å². The number of likely N-dealkylation sites (tertiary alicyclic amines) is 1. The fourth-order valence-electron chi connectivity index (χ4n) is 3.05. The van der Waals surface area contributed by atoms with Gasteiger partial charge in [-0.15, -0.1) is 11.3 Å². The van der Waals surface area contributed by atoms with Crippen LogP contribution >= 0.6 is 22.9 Å². The van der Waals surface area contributed by atoms with Crippen LogP contribution in [0.1, 0.15) is 23.6 Å². The van der Waals surface area contributed by atoms with Gasteiger partial charge in [-0.05, 0) is 67.6 Å². The molecule has 1 saturated heterocycles. The number of carbonyl (C=O) groups is 1. The Bertz CT molecular complexity index is 653. The third-order valence-corrected chi connectivity index (χ3v) is 5.75. The highest BCUT2D eigenvalue weighted by molar-refractivity contribution is 7.10. The molecule has 134 valence electrons. The Morgan fingerprint density at radius 3 is 2.68 bits per heavy atom. The summed E-state index contributed by atoms with van der Waals surface area (Å²) >= 11 is 7.68. The van der Waals surface area contributed by atoms with Gasteiger partial charge < -0.3 is 15.0 Å². The lowest BCUT2D eigenvalue weighted by atomic mass is 9.95. The number of benzene rings is 1. The molecule has 1 fully saturated rings. The summed E-state index contributed by atoms with van der Waals surface area (Å²) in [7, 11) is 0. The SMILES string of the molecule is O=C(COc1ccc(Cl)cc1)NCCN1CCC(c2cccs2)CC1. The van der Waals surface area contributed by atoms with Gasteiger partial charge >= 0.3 is 0 Å². The van der Waals surface area contributed by atoms with E-state index in [0.717, 1.165) is 19.6 Å². The zero-order chi connectivity index (χ0) is 17.5. The molecule has 1 N–H and O–H groups in total. The third kappa shape index (κ3) is 5.73. The number of hydrogen-bond acceptors (Lipinski definition) is 4. The van der Waals surface area contributed by atoms with Crippen LogP contribution in [0.15, 0.2) is 41.8 Å². The van der Waals surface area contributed by atoms with Crippen LogP contribution in [0, 0.1) is 0 Å². The monoisotopic (exact) mass is 378 g/mol. The normalized spacial score (nSPS) is 15.9. The van der Waals surface area contributed by atoms with Crippen molar-refractivity contribution < 1.29 is 9.53 Å². The van der Waals surface area contributed by atoms with E-state index in [2.05, 4.69) is 27.7 Å². The molecule has 0 atom stereocenters. The maximum Gasteiger partial charge on any atom is 0.257 e. The Kier molecular flexibility index (Phi) is 6.73. The van der Waals surface area contributed by atoms with Crippen molar-refractivity contribution >= 4 is 28.8 Å². The average Bonchev–Trinajstić information content (AvgIpc) is 3.16. The summed E-state index contributed by atoms with van der Waals surface area (Å²) in [6.07, 6.45) is 2.41. The average molecular weight is 379 g/mol. The molecule has 1 aliphatic heterocycles. The molecular weight excluding hydrogens is 356 g/mol. The second-order valence-electron chi connectivity index (χ2n) is 6.22. The van der Waals surface area contributed by atoms with Crippen LogP contribution in [0.25, 0.3) is 0 Å². The molecule has 2 aromatic rings. The number of amides is 1. The maximum atomic E-state index is 11.9. The summed E-state index contributed by atoms with van der Waals surface area (Å²) in [6, 6.07) is 11.4. The third-order valence-electron chi connectivity index (χ3n) is 4.47. The van der Waals surface area contributed by atoms with Gasteiger partial charge in [-0.2, -0.15) is 0 Å². The lowest BCUT2D eigenvalue weighted by molar-refractivity contribution is -0.123. The molecule has 0 aliphatic carbocycles. The highest BCUT2D eigenvalue weighted by Crippen LogP contribution is 2.30. The van der Waals surface area contributed by atoms with Gasteiger partial charge in [-0.3, -0.25) is 4.79 Å². The van der Waals surface area contributed by atoms with Gasteiger partial charge in [0.15, 0.2) is 6.61 Å². The van der Waals surface area contributed by atoms with Crippen molar-refractivity contribution in [3.8, 4) is 5.75 Å². The maximum absolute atomic E-state index is 11.9. The zero-order valence-electron chi connectivity index (χ0n) is 14.1. The number of hydrogen-bond donors (Lipinski definition) is 1. The molecule has 25 heavy (non-hydrogen) atoms. The van der Waals surface area contributed by atoms with E-state index in [4.69, 9.17) is 16.3 Å². The van der Waals surface area contributed by atoms with E-state index >= 15 is 0 Å². The number of ether oxygens (including phenoxy) is 1. The number of nitrogens with zero attached hydrogens (tertiary/aromatic N) is 1. The summed E-state index contributed by atoms with van der Waals surface area (Å²) < 4.78 is 5.44. The molecule has 0 bridgehead atoms. The smallest absolute Gasteiger partial charge is 0.257 e. The first-order chi connectivity index (χ1) is 12.2. The van der Waals surface area contributed by atoms with Crippen molar-refractivity contribution in [2.75, 3.05) is 32.8 Å². The number of rotatable bonds is 7. The van der Waals surface area contributed by atoms with Gasteiger partial charge in [0.2, 0.25) is 0 Å². The van der Waals surface area contributed by atoms with Crippen LogP contribution in [0.3, 0.4) is 0 Å². The van der Waals surface area contributed by atoms with Crippen LogP contribution in [-0.2, 0) is 4.79 Å². The molecule has 3 rings (SSSR count). The largest absolute Gasteiger partial charge is 0.484 e. The van der Waals surface area contributed by atoms with Crippen molar-refractivity contribution in [3.63, 3.8) is 0 Å². The molecular formula is C19H23ClN2O2S. The summed E-state index contributed by atoms with van der Waals surface area (Å²) in [4.78, 5) is 15.8. The van der Waals surface area contributed by atoms with Crippen molar-refractivity contribution in [2.24, 2.45) is 0 Å². The quantitative estimate of drug-likeness (QED) is 0.797. The van der Waals surface area contributed by atoms with E-state index in [1.54, 1.807) is 24.3 Å². The van der Waals surface area contributed by atoms with Gasteiger partial charge in [0.1, 0.15) is 5.75 Å². The van der Waals surface area contributed by atoms with E-state index in [1.165, 1.54) is 17.7 Å². The highest BCUT2D eigenvalue weighted by atomic mass is 35.5. The topological polar surface area (TPSA) is 41.6 Å². The van der Waals surface area contributed by atoms with E-state index in [9.17, 15) is 4.79 Å². The van der Waals surface area contributed by atoms with Crippen molar-refractivity contribution in [1.82, 2.24) is 10.2 Å². The first-order valence-corrected chi connectivity index (χ1v) is 9.87. The van der Waals surface area contributed by atoms with Crippen LogP contribution < -0.4 is 10.1 Å². The van der Waals surface area contributed by atoms with E-state index in [1.807, 2.05) is 11.3 Å². The standard InChI is InChI=1S/C19H23ClN2O2S/c20-16-3-5-17(6-4-16)24-14-19(23)21-9-12-22-10-7-15(8-11-22)18-2-1-13-25-18/h1-6,13,15H,7-12,14H2,(H,21,23). The first-order valence-electron chi connectivity index (χ1n) is 8.61. The van der Waals surface area contributed by atoms with E-state index < -0.39 is 0 Å². The van der Waals surface area contributed by atoms with Crippen LogP contribution in [0.4, 0.5) is 0 Å². The molecule has 0 spiro atoms. The van der Waals surface area contributed by atoms with E-state index in [0.29, 0.717) is 23.2 Å². The molecule has 1 aromatic heterocycles. The molecule has 0 unspecified atom stereocenters. The highest BCUT2D eigenvalue weighted by Gasteiger charge is 2.20. The van der Waals surface area contributed by atoms with Crippen molar-refractivity contribution in [1.29, 1.82) is 0 Å². The van der Waals surface area contributed by atoms with Gasteiger partial charge in [0.25, 0.3) is 5.91 Å². The minimum atomic E-state index is -0.0941. The van der Waals surface area contributed by atoms with Gasteiger partial charge in [-0.25, -0.2) is 0 Å². The molecule has 1 aliphatic rings. The molecule has 0 radical (unpaired) electrons. The number of nitrogens with one attached hydrogen (secondary N) is 1. The first kappa shape index (κ1) is 18.2. The Morgan fingerprint density at radius 1 is 1.24 bits per heavy atom. The number of carbonyl (C=O) groups excluding carboxylic acids is 1. The van der Waals surface area contributed by atoms with Gasteiger partial charge in [-0.1, -0.05) is 17.7 Å². The van der Waals surface area contributed by atoms with E-state index in [-0.39, 0.29) is 12.5 Å². The fourth-order valence-corrected chi connectivity index (χ4v) is 4.07. The minimum Gasteiger partial charge on any atom is -0.484 e. The Labute approximate surface area is 157 Å². The number of halogens is 1. The van der Waals surface area contributed by atoms with Crippen LogP contribution in [0.2, 0.25) is 5.02 Å². The summed E-state index contributed by atoms with van der Waals surface area (Å²) in [5.41, 5.74) is 0. The number of thiophene rings is 1. The van der Waals surface area contributed by atoms with Gasteiger partial charge in [0.05, 0.1) is 0 Å². The molecule has 0 saturated carbocycles. The molecule has 1 aromatic carbocycles. The van der Waals surface area contributed by atoms with Crippen LogP contribution in [-0.4, -0.2) is 43.6 Å². The predicted octanol–water partition coefficient (Wildman–Crippen LogP) is 3.78.